The number of fused-ring (bicyclic) bond motifs is 1. The molecule has 0 saturated carbocycles. The molecule has 7 nitrogen and oxygen atoms in total. The number of benzene rings is 2. The molecule has 5 rings (SSSR count). The number of aryl methyl sites for hydroxylation is 1. The van der Waals surface area contributed by atoms with E-state index in [9.17, 15) is 22.4 Å². The molecule has 0 fully saturated rings. The van der Waals surface area contributed by atoms with Crippen molar-refractivity contribution in [2.75, 3.05) is 7.05 Å². The van der Waals surface area contributed by atoms with Crippen molar-refractivity contribution >= 4 is 17.4 Å². The standard InChI is InChI=1S/C26H20F4N4O3S/c1-16-14-34(20-7-8-21-22(13-20)37-26(29,30)25(27,28)36-21)24(38-16)32-23(35)33(2)15-17-3-5-18(6-4-17)19-9-11-31-12-10-19/h3-14H,15H2,1-2H3/b32-24-. The van der Waals surface area contributed by atoms with Gasteiger partial charge in [-0.25, -0.2) is 4.79 Å². The van der Waals surface area contributed by atoms with E-state index in [2.05, 4.69) is 19.5 Å². The summed E-state index contributed by atoms with van der Waals surface area (Å²) >= 11 is 1.20. The van der Waals surface area contributed by atoms with Gasteiger partial charge in [-0.2, -0.15) is 22.6 Å². The van der Waals surface area contributed by atoms with Crippen LogP contribution in [-0.4, -0.2) is 39.7 Å². The number of urea groups is 1. The Morgan fingerprint density at radius 1 is 0.974 bits per heavy atom. The quantitative estimate of drug-likeness (QED) is 0.295. The van der Waals surface area contributed by atoms with Crippen LogP contribution < -0.4 is 14.3 Å². The first kappa shape index (κ1) is 25.5. The lowest BCUT2D eigenvalue weighted by atomic mass is 10.1. The Balaban J connectivity index is 1.36. The SMILES string of the molecule is Cc1cn(-c2ccc3c(c2)OC(F)(F)C(F)(F)O3)/c(=N/C(=O)N(C)Cc2ccc(-c3ccncc3)cc2)s1. The van der Waals surface area contributed by atoms with E-state index in [1.54, 1.807) is 32.6 Å². The zero-order valence-corrected chi connectivity index (χ0v) is 20.9. The Bertz CT molecular complexity index is 1550. The first-order valence-electron chi connectivity index (χ1n) is 11.3. The summed E-state index contributed by atoms with van der Waals surface area (Å²) in [7, 11) is 1.61. The summed E-state index contributed by atoms with van der Waals surface area (Å²) < 4.78 is 64.1. The van der Waals surface area contributed by atoms with Crippen LogP contribution in [0.15, 0.2) is 78.2 Å². The number of thiazole rings is 1. The first-order chi connectivity index (χ1) is 18.0. The van der Waals surface area contributed by atoms with E-state index in [4.69, 9.17) is 0 Å². The minimum atomic E-state index is -4.84. The number of halogens is 4. The Morgan fingerprint density at radius 2 is 1.61 bits per heavy atom. The first-order valence-corrected chi connectivity index (χ1v) is 12.1. The zero-order valence-electron chi connectivity index (χ0n) is 20.1. The number of aromatic nitrogens is 2. The highest BCUT2D eigenvalue weighted by molar-refractivity contribution is 7.09. The van der Waals surface area contributed by atoms with Crippen LogP contribution in [0.3, 0.4) is 0 Å². The third-order valence-corrected chi connectivity index (χ3v) is 6.59. The molecule has 2 aromatic heterocycles. The van der Waals surface area contributed by atoms with Crippen molar-refractivity contribution in [2.45, 2.75) is 25.7 Å². The maximum absolute atomic E-state index is 13.7. The van der Waals surface area contributed by atoms with Gasteiger partial charge in [-0.15, -0.1) is 11.3 Å². The van der Waals surface area contributed by atoms with Crippen LogP contribution >= 0.6 is 11.3 Å². The van der Waals surface area contributed by atoms with Crippen LogP contribution in [0.4, 0.5) is 22.4 Å². The third-order valence-electron chi connectivity index (χ3n) is 5.70. The zero-order chi connectivity index (χ0) is 27.1. The number of alkyl halides is 4. The van der Waals surface area contributed by atoms with Crippen LogP contribution in [0, 0.1) is 6.92 Å². The maximum atomic E-state index is 13.7. The fourth-order valence-corrected chi connectivity index (χ4v) is 4.61. The van der Waals surface area contributed by atoms with Crippen molar-refractivity contribution < 1.29 is 31.8 Å². The maximum Gasteiger partial charge on any atom is 0.507 e. The van der Waals surface area contributed by atoms with Gasteiger partial charge in [0.25, 0.3) is 0 Å². The van der Waals surface area contributed by atoms with Crippen LogP contribution in [-0.2, 0) is 6.54 Å². The predicted octanol–water partition coefficient (Wildman–Crippen LogP) is 6.02. The van der Waals surface area contributed by atoms with E-state index in [-0.39, 0.29) is 10.5 Å². The minimum absolute atomic E-state index is 0.265. The number of hydrogen-bond donors (Lipinski definition) is 0. The molecule has 38 heavy (non-hydrogen) atoms. The second-order valence-electron chi connectivity index (χ2n) is 8.55. The van der Waals surface area contributed by atoms with Crippen LogP contribution in [0.25, 0.3) is 16.8 Å². The molecule has 0 N–H and O–H groups in total. The highest BCUT2D eigenvalue weighted by atomic mass is 32.1. The van der Waals surface area contributed by atoms with Crippen molar-refractivity contribution in [2.24, 2.45) is 4.99 Å². The van der Waals surface area contributed by atoms with Gasteiger partial charge in [-0.05, 0) is 47.9 Å². The number of pyridine rings is 1. The molecule has 0 radical (unpaired) electrons. The number of ether oxygens (including phenoxy) is 2. The average molecular weight is 545 g/mol. The molecule has 196 valence electrons. The van der Waals surface area contributed by atoms with E-state index in [0.717, 1.165) is 33.7 Å². The summed E-state index contributed by atoms with van der Waals surface area (Å²) in [6.07, 6.45) is -4.56. The molecule has 1 aliphatic rings. The Kier molecular flexibility index (Phi) is 6.43. The summed E-state index contributed by atoms with van der Waals surface area (Å²) in [5.74, 6) is -1.08. The molecule has 0 bridgehead atoms. The number of hydrogen-bond acceptors (Lipinski definition) is 5. The number of carbonyl (C=O) groups excluding carboxylic acids is 1. The fourth-order valence-electron chi connectivity index (χ4n) is 3.78. The van der Waals surface area contributed by atoms with E-state index in [1.807, 2.05) is 36.4 Å². The number of rotatable bonds is 4. The molecule has 2 amide bonds. The predicted molar refractivity (Wildman–Crippen MR) is 132 cm³/mol. The van der Waals surface area contributed by atoms with E-state index in [1.165, 1.54) is 26.9 Å². The molecule has 12 heteroatoms. The van der Waals surface area contributed by atoms with E-state index in [0.29, 0.717) is 6.54 Å². The topological polar surface area (TPSA) is 69.0 Å². The normalized spacial score (nSPS) is 15.8. The number of nitrogens with zero attached hydrogens (tertiary/aromatic N) is 4. The molecule has 0 spiro atoms. The van der Waals surface area contributed by atoms with Gasteiger partial charge in [0.15, 0.2) is 16.3 Å². The summed E-state index contributed by atoms with van der Waals surface area (Å²) in [6, 6.07) is 14.6. The van der Waals surface area contributed by atoms with Gasteiger partial charge < -0.3 is 14.4 Å². The molecule has 0 atom stereocenters. The van der Waals surface area contributed by atoms with Crippen molar-refractivity contribution in [3.8, 4) is 28.3 Å². The molecule has 4 aromatic rings. The number of amides is 2. The average Bonchev–Trinajstić information content (AvgIpc) is 3.24. The molecule has 0 saturated heterocycles. The fraction of sp³-hybridized carbons (Fsp3) is 0.192. The van der Waals surface area contributed by atoms with Gasteiger partial charge >= 0.3 is 18.2 Å². The van der Waals surface area contributed by atoms with Crippen molar-refractivity contribution in [1.29, 1.82) is 0 Å². The molecular weight excluding hydrogens is 524 g/mol. The molecule has 2 aromatic carbocycles. The largest absolute Gasteiger partial charge is 0.507 e. The Labute approximate surface area is 218 Å². The summed E-state index contributed by atoms with van der Waals surface area (Å²) in [6.45, 7) is 2.09. The Hall–Kier alpha value is -4.19. The van der Waals surface area contributed by atoms with Gasteiger partial charge in [-0.3, -0.25) is 9.55 Å². The smallest absolute Gasteiger partial charge is 0.421 e. The third kappa shape index (κ3) is 4.99. The summed E-state index contributed by atoms with van der Waals surface area (Å²) in [5.41, 5.74) is 3.22. The second-order valence-corrected chi connectivity index (χ2v) is 9.76. The molecule has 1 aliphatic heterocycles. The molecule has 0 aliphatic carbocycles. The van der Waals surface area contributed by atoms with Crippen LogP contribution in [0.1, 0.15) is 10.4 Å². The monoisotopic (exact) mass is 544 g/mol. The van der Waals surface area contributed by atoms with Crippen molar-refractivity contribution in [3.63, 3.8) is 0 Å². The lowest BCUT2D eigenvalue weighted by molar-refractivity contribution is -0.391. The second kappa shape index (κ2) is 9.60. The summed E-state index contributed by atoms with van der Waals surface area (Å²) in [4.78, 5) is 23.6. The lowest BCUT2D eigenvalue weighted by Gasteiger charge is -2.31. The molecular formula is C26H20F4N4O3S. The lowest BCUT2D eigenvalue weighted by Crippen LogP contribution is -2.52. The minimum Gasteiger partial charge on any atom is -0.421 e. The van der Waals surface area contributed by atoms with Gasteiger partial charge in [0.05, 0.1) is 5.69 Å². The van der Waals surface area contributed by atoms with Gasteiger partial charge in [0, 0.05) is 43.1 Å². The summed E-state index contributed by atoms with van der Waals surface area (Å²) in [5, 5.41) is 0. The van der Waals surface area contributed by atoms with Gasteiger partial charge in [-0.1, -0.05) is 24.3 Å². The van der Waals surface area contributed by atoms with Crippen LogP contribution in [0.5, 0.6) is 11.5 Å². The van der Waals surface area contributed by atoms with Crippen LogP contribution in [0.2, 0.25) is 0 Å². The molecule has 0 unspecified atom stereocenters. The van der Waals surface area contributed by atoms with E-state index >= 15 is 0 Å². The van der Waals surface area contributed by atoms with Gasteiger partial charge in [0.2, 0.25) is 0 Å². The van der Waals surface area contributed by atoms with Crippen molar-refractivity contribution in [3.05, 3.63) is 88.4 Å². The highest BCUT2D eigenvalue weighted by Crippen LogP contribution is 2.47. The van der Waals surface area contributed by atoms with Gasteiger partial charge in [0.1, 0.15) is 0 Å². The van der Waals surface area contributed by atoms with E-state index < -0.39 is 29.7 Å². The number of carbonyl (C=O) groups is 1. The Morgan fingerprint density at radius 3 is 2.29 bits per heavy atom. The van der Waals surface area contributed by atoms with Crippen molar-refractivity contribution in [1.82, 2.24) is 14.5 Å². The molecule has 3 heterocycles. The highest BCUT2D eigenvalue weighted by Gasteiger charge is 2.65.